The Morgan fingerprint density at radius 1 is 1.17 bits per heavy atom. The maximum atomic E-state index is 13.1. The number of carbonyl (C=O) groups is 1. The van der Waals surface area contributed by atoms with E-state index in [1.165, 1.54) is 19.5 Å². The van der Waals surface area contributed by atoms with Crippen LogP contribution < -0.4 is 15.2 Å². The summed E-state index contributed by atoms with van der Waals surface area (Å²) in [5.74, 6) is -0.307. The van der Waals surface area contributed by atoms with E-state index in [1.54, 1.807) is 10.00 Å². The zero-order valence-electron chi connectivity index (χ0n) is 18.8. The average Bonchev–Trinajstić information content (AvgIpc) is 2.82. The summed E-state index contributed by atoms with van der Waals surface area (Å²) in [7, 11) is 1.39. The number of alkyl halides is 3. The maximum absolute atomic E-state index is 13.1. The number of nitrogens with zero attached hydrogens (tertiary/aromatic N) is 5. The van der Waals surface area contributed by atoms with Gasteiger partial charge in [-0.2, -0.15) is 18.3 Å². The molecule has 3 rings (SSSR count). The van der Waals surface area contributed by atoms with Crippen molar-refractivity contribution in [1.29, 1.82) is 0 Å². The standard InChI is InChI=1S/C20H24ClF3N6O5/c1-33-11-14(12-35-15-10-27-28-18(32)17(15)20(22,23)24)34-7-2-16(31)29-3-5-30(6-4-29)19-25-8-13(21)9-26-19/h8-10,14H,2-7,11-12H2,1H3,(H,28,32). The molecule has 11 nitrogen and oxygen atoms in total. The van der Waals surface area contributed by atoms with Crippen molar-refractivity contribution >= 4 is 23.5 Å². The molecule has 0 radical (unpaired) electrons. The van der Waals surface area contributed by atoms with E-state index in [0.29, 0.717) is 37.1 Å². The van der Waals surface area contributed by atoms with Crippen LogP contribution in [0.5, 0.6) is 5.75 Å². The molecule has 3 heterocycles. The molecule has 1 unspecified atom stereocenters. The number of methoxy groups -OCH3 is 1. The Labute approximate surface area is 203 Å². The van der Waals surface area contributed by atoms with Crippen LogP contribution in [0.25, 0.3) is 0 Å². The van der Waals surface area contributed by atoms with Gasteiger partial charge < -0.3 is 24.0 Å². The highest BCUT2D eigenvalue weighted by atomic mass is 35.5. The van der Waals surface area contributed by atoms with Crippen LogP contribution in [0.1, 0.15) is 12.0 Å². The number of aromatic amines is 1. The molecule has 1 aliphatic heterocycles. The van der Waals surface area contributed by atoms with E-state index in [9.17, 15) is 22.8 Å². The first-order chi connectivity index (χ1) is 16.7. The number of hydrogen-bond donors (Lipinski definition) is 1. The van der Waals surface area contributed by atoms with Crippen LogP contribution in [-0.4, -0.2) is 90.2 Å². The van der Waals surface area contributed by atoms with E-state index >= 15 is 0 Å². The van der Waals surface area contributed by atoms with E-state index in [1.807, 2.05) is 4.90 Å². The summed E-state index contributed by atoms with van der Waals surface area (Å²) in [5.41, 5.74) is -2.89. The average molecular weight is 521 g/mol. The number of anilines is 1. The van der Waals surface area contributed by atoms with Crippen molar-refractivity contribution in [3.8, 4) is 5.75 Å². The molecule has 15 heteroatoms. The molecule has 2 aromatic rings. The highest BCUT2D eigenvalue weighted by molar-refractivity contribution is 6.30. The summed E-state index contributed by atoms with van der Waals surface area (Å²) in [5, 5.41) is 5.52. The van der Waals surface area contributed by atoms with Crippen molar-refractivity contribution in [2.45, 2.75) is 18.7 Å². The Balaban J connectivity index is 1.46. The predicted octanol–water partition coefficient (Wildman–Crippen LogP) is 1.38. The van der Waals surface area contributed by atoms with Gasteiger partial charge in [-0.25, -0.2) is 15.1 Å². The fourth-order valence-electron chi connectivity index (χ4n) is 3.37. The number of amides is 1. The number of ether oxygens (including phenoxy) is 3. The van der Waals surface area contributed by atoms with Crippen LogP contribution in [-0.2, 0) is 20.4 Å². The zero-order chi connectivity index (χ0) is 25.4. The highest BCUT2D eigenvalue weighted by Gasteiger charge is 2.38. The maximum Gasteiger partial charge on any atom is 0.425 e. The normalized spacial score (nSPS) is 15.2. The van der Waals surface area contributed by atoms with Crippen molar-refractivity contribution in [2.24, 2.45) is 0 Å². The van der Waals surface area contributed by atoms with E-state index in [-0.39, 0.29) is 32.1 Å². The third-order valence-electron chi connectivity index (χ3n) is 5.07. The van der Waals surface area contributed by atoms with Gasteiger partial charge in [0.05, 0.1) is 43.2 Å². The van der Waals surface area contributed by atoms with E-state index in [4.69, 9.17) is 25.8 Å². The molecule has 0 aromatic carbocycles. The second kappa shape index (κ2) is 12.1. The van der Waals surface area contributed by atoms with Gasteiger partial charge in [0.1, 0.15) is 12.7 Å². The molecule has 0 aliphatic carbocycles. The van der Waals surface area contributed by atoms with Crippen molar-refractivity contribution < 1.29 is 32.2 Å². The Morgan fingerprint density at radius 3 is 2.49 bits per heavy atom. The summed E-state index contributed by atoms with van der Waals surface area (Å²) in [6.07, 6.45) is -1.83. The Bertz CT molecular complexity index is 1030. The molecular weight excluding hydrogens is 497 g/mol. The van der Waals surface area contributed by atoms with Gasteiger partial charge >= 0.3 is 6.18 Å². The lowest BCUT2D eigenvalue weighted by Crippen LogP contribution is -2.49. The van der Waals surface area contributed by atoms with Gasteiger partial charge in [0.2, 0.25) is 11.9 Å². The molecule has 1 saturated heterocycles. The number of rotatable bonds is 10. The summed E-state index contributed by atoms with van der Waals surface area (Å²) >= 11 is 5.80. The van der Waals surface area contributed by atoms with Crippen molar-refractivity contribution in [1.82, 2.24) is 25.1 Å². The first-order valence-corrected chi connectivity index (χ1v) is 10.9. The van der Waals surface area contributed by atoms with Crippen LogP contribution in [0, 0.1) is 0 Å². The van der Waals surface area contributed by atoms with Gasteiger partial charge in [-0.05, 0) is 0 Å². The molecule has 1 atom stereocenters. The van der Waals surface area contributed by atoms with Crippen LogP contribution >= 0.6 is 11.6 Å². The fourth-order valence-corrected chi connectivity index (χ4v) is 3.47. The Hall–Kier alpha value is -2.97. The number of halogens is 4. The molecule has 35 heavy (non-hydrogen) atoms. The minimum atomic E-state index is -4.92. The highest BCUT2D eigenvalue weighted by Crippen LogP contribution is 2.32. The van der Waals surface area contributed by atoms with E-state index < -0.39 is 29.2 Å². The number of carbonyl (C=O) groups excluding carboxylic acids is 1. The number of piperazine rings is 1. The zero-order valence-corrected chi connectivity index (χ0v) is 19.5. The molecule has 0 spiro atoms. The van der Waals surface area contributed by atoms with Gasteiger partial charge in [0.15, 0.2) is 11.3 Å². The lowest BCUT2D eigenvalue weighted by atomic mass is 10.2. The van der Waals surface area contributed by atoms with Gasteiger partial charge in [-0.3, -0.25) is 9.59 Å². The monoisotopic (exact) mass is 520 g/mol. The van der Waals surface area contributed by atoms with Crippen LogP contribution in [0.2, 0.25) is 5.02 Å². The summed E-state index contributed by atoms with van der Waals surface area (Å²) < 4.78 is 55.2. The minimum Gasteiger partial charge on any atom is -0.488 e. The molecule has 1 aliphatic rings. The third kappa shape index (κ3) is 7.50. The fraction of sp³-hybridized carbons (Fsp3) is 0.550. The lowest BCUT2D eigenvalue weighted by molar-refractivity contribution is -0.141. The summed E-state index contributed by atoms with van der Waals surface area (Å²) in [6.45, 7) is 1.75. The van der Waals surface area contributed by atoms with Crippen LogP contribution in [0.15, 0.2) is 23.4 Å². The molecule has 2 aromatic heterocycles. The second-order valence-electron chi connectivity index (χ2n) is 7.51. The van der Waals surface area contributed by atoms with Crippen molar-refractivity contribution in [2.75, 3.05) is 58.0 Å². The molecule has 0 saturated carbocycles. The van der Waals surface area contributed by atoms with Gasteiger partial charge in [-0.15, -0.1) is 0 Å². The lowest BCUT2D eigenvalue weighted by Gasteiger charge is -2.34. The summed E-state index contributed by atoms with van der Waals surface area (Å²) in [6, 6.07) is 0. The molecule has 1 N–H and O–H groups in total. The minimum absolute atomic E-state index is 0.00588. The number of aromatic nitrogens is 4. The number of hydrogen-bond acceptors (Lipinski definition) is 9. The van der Waals surface area contributed by atoms with Gasteiger partial charge in [-0.1, -0.05) is 11.6 Å². The predicted molar refractivity (Wildman–Crippen MR) is 117 cm³/mol. The Morgan fingerprint density at radius 2 is 1.86 bits per heavy atom. The second-order valence-corrected chi connectivity index (χ2v) is 7.95. The molecule has 0 bridgehead atoms. The van der Waals surface area contributed by atoms with Crippen LogP contribution in [0.4, 0.5) is 19.1 Å². The van der Waals surface area contributed by atoms with E-state index in [2.05, 4.69) is 15.1 Å². The van der Waals surface area contributed by atoms with Gasteiger partial charge in [0, 0.05) is 33.3 Å². The topological polar surface area (TPSA) is 123 Å². The smallest absolute Gasteiger partial charge is 0.425 e. The van der Waals surface area contributed by atoms with E-state index in [0.717, 1.165) is 6.20 Å². The third-order valence-corrected chi connectivity index (χ3v) is 5.27. The summed E-state index contributed by atoms with van der Waals surface area (Å²) in [4.78, 5) is 36.1. The van der Waals surface area contributed by atoms with Crippen LogP contribution in [0.3, 0.4) is 0 Å². The molecular formula is C20H24ClF3N6O5. The number of nitrogens with one attached hydrogen (secondary N) is 1. The Kier molecular flexibility index (Phi) is 9.23. The molecule has 1 fully saturated rings. The molecule has 1 amide bonds. The first-order valence-electron chi connectivity index (χ1n) is 10.6. The van der Waals surface area contributed by atoms with Crippen molar-refractivity contribution in [3.05, 3.63) is 39.5 Å². The quantitative estimate of drug-likeness (QED) is 0.495. The largest absolute Gasteiger partial charge is 0.488 e. The number of H-pyrrole nitrogens is 1. The van der Waals surface area contributed by atoms with Gasteiger partial charge in [0.25, 0.3) is 5.56 Å². The first kappa shape index (κ1) is 26.6. The SMILES string of the molecule is COCC(COc1cn[nH]c(=O)c1C(F)(F)F)OCCC(=O)N1CCN(c2ncc(Cl)cn2)CC1. The molecule has 192 valence electrons. The van der Waals surface area contributed by atoms with Crippen molar-refractivity contribution in [3.63, 3.8) is 0 Å².